The largest absolute Gasteiger partial charge is 0.322 e. The summed E-state index contributed by atoms with van der Waals surface area (Å²) in [7, 11) is 0. The molecule has 0 amide bonds. The van der Waals surface area contributed by atoms with Crippen LogP contribution in [0.5, 0.6) is 0 Å². The predicted octanol–water partition coefficient (Wildman–Crippen LogP) is 3.58. The van der Waals surface area contributed by atoms with Gasteiger partial charge in [0.05, 0.1) is 10.9 Å². The van der Waals surface area contributed by atoms with E-state index in [1.807, 2.05) is 13.0 Å². The number of aromatic nitrogens is 2. The van der Waals surface area contributed by atoms with E-state index in [2.05, 4.69) is 10.2 Å². The number of fused-ring (bicyclic) bond motifs is 1. The summed E-state index contributed by atoms with van der Waals surface area (Å²) in [6.07, 6.45) is 0. The van der Waals surface area contributed by atoms with Crippen LogP contribution in [-0.2, 0) is 0 Å². The monoisotopic (exact) mass is 279 g/mol. The molecule has 3 aromatic rings. The molecule has 1 atom stereocenters. The number of benzene rings is 1. The van der Waals surface area contributed by atoms with Crippen LogP contribution in [0.4, 0.5) is 4.39 Å². The Hall–Kier alpha value is -1.37. The molecule has 1 unspecified atom stereocenters. The molecular formula is C12H10FN3S2. The van der Waals surface area contributed by atoms with Crippen molar-refractivity contribution in [2.75, 3.05) is 0 Å². The van der Waals surface area contributed by atoms with E-state index in [1.54, 1.807) is 6.07 Å². The Bertz CT molecular complexity index is 702. The van der Waals surface area contributed by atoms with Crippen LogP contribution in [0.1, 0.15) is 18.0 Å². The second kappa shape index (κ2) is 4.38. The fraction of sp³-hybridized carbons (Fsp3) is 0.167. The molecule has 2 heterocycles. The van der Waals surface area contributed by atoms with Gasteiger partial charge in [0.25, 0.3) is 0 Å². The van der Waals surface area contributed by atoms with E-state index < -0.39 is 0 Å². The number of rotatable bonds is 2. The van der Waals surface area contributed by atoms with Gasteiger partial charge in [0.2, 0.25) is 0 Å². The van der Waals surface area contributed by atoms with Crippen molar-refractivity contribution in [3.05, 3.63) is 35.1 Å². The summed E-state index contributed by atoms with van der Waals surface area (Å²) in [4.78, 5) is 1.00. The van der Waals surface area contributed by atoms with Gasteiger partial charge in [0, 0.05) is 4.70 Å². The third-order valence-corrected chi connectivity index (χ3v) is 4.91. The van der Waals surface area contributed by atoms with E-state index in [9.17, 15) is 4.39 Å². The Labute approximate surface area is 111 Å². The van der Waals surface area contributed by atoms with Crippen LogP contribution < -0.4 is 5.73 Å². The number of thiophene rings is 1. The maximum Gasteiger partial charge on any atom is 0.157 e. The van der Waals surface area contributed by atoms with Gasteiger partial charge in [-0.15, -0.1) is 21.5 Å². The molecule has 0 aliphatic rings. The van der Waals surface area contributed by atoms with Gasteiger partial charge in [0.15, 0.2) is 5.01 Å². The van der Waals surface area contributed by atoms with Crippen LogP contribution in [-0.4, -0.2) is 10.2 Å². The van der Waals surface area contributed by atoms with E-state index in [-0.39, 0.29) is 11.9 Å². The molecule has 6 heteroatoms. The molecule has 92 valence electrons. The maximum absolute atomic E-state index is 13.1. The molecule has 0 bridgehead atoms. The Morgan fingerprint density at radius 1 is 1.22 bits per heavy atom. The Kier molecular flexibility index (Phi) is 2.85. The fourth-order valence-electron chi connectivity index (χ4n) is 1.63. The average Bonchev–Trinajstić information content (AvgIpc) is 2.93. The molecule has 18 heavy (non-hydrogen) atoms. The lowest BCUT2D eigenvalue weighted by molar-refractivity contribution is 0.630. The van der Waals surface area contributed by atoms with Crippen LogP contribution in [0.3, 0.4) is 0 Å². The Morgan fingerprint density at radius 2 is 2.06 bits per heavy atom. The number of nitrogens with zero attached hydrogens (tertiary/aromatic N) is 2. The van der Waals surface area contributed by atoms with Crippen LogP contribution >= 0.6 is 22.7 Å². The van der Waals surface area contributed by atoms with Crippen LogP contribution in [0.2, 0.25) is 0 Å². The second-order valence-corrected chi connectivity index (χ2v) is 6.12. The highest BCUT2D eigenvalue weighted by Gasteiger charge is 2.12. The zero-order valence-electron chi connectivity index (χ0n) is 9.55. The van der Waals surface area contributed by atoms with Crippen molar-refractivity contribution in [1.29, 1.82) is 0 Å². The van der Waals surface area contributed by atoms with Crippen molar-refractivity contribution >= 4 is 32.8 Å². The molecule has 0 saturated heterocycles. The summed E-state index contributed by atoms with van der Waals surface area (Å²) in [6, 6.07) is 6.68. The molecule has 0 spiro atoms. The lowest BCUT2D eigenvalue weighted by Gasteiger charge is -1.94. The minimum absolute atomic E-state index is 0.108. The number of nitrogens with two attached hydrogens (primary N) is 1. The maximum atomic E-state index is 13.1. The van der Waals surface area contributed by atoms with Gasteiger partial charge in [-0.3, -0.25) is 0 Å². The average molecular weight is 279 g/mol. The SMILES string of the molecule is CC(N)c1nnc(-c2cc3ccc(F)cc3s2)s1. The molecule has 3 rings (SSSR count). The van der Waals surface area contributed by atoms with E-state index in [1.165, 1.54) is 34.8 Å². The number of halogens is 1. The molecule has 0 saturated carbocycles. The molecule has 0 aliphatic heterocycles. The van der Waals surface area contributed by atoms with E-state index in [4.69, 9.17) is 5.73 Å². The van der Waals surface area contributed by atoms with Crippen molar-refractivity contribution in [1.82, 2.24) is 10.2 Å². The van der Waals surface area contributed by atoms with Gasteiger partial charge in [0.1, 0.15) is 10.8 Å². The van der Waals surface area contributed by atoms with Gasteiger partial charge in [-0.25, -0.2) is 4.39 Å². The summed E-state index contributed by atoms with van der Waals surface area (Å²) in [5.74, 6) is -0.218. The lowest BCUT2D eigenvalue weighted by atomic mass is 10.2. The summed E-state index contributed by atoms with van der Waals surface area (Å²) in [6.45, 7) is 1.88. The third-order valence-electron chi connectivity index (χ3n) is 2.52. The fourth-order valence-corrected chi connectivity index (χ4v) is 3.55. The third kappa shape index (κ3) is 2.03. The van der Waals surface area contributed by atoms with Crippen molar-refractivity contribution < 1.29 is 4.39 Å². The summed E-state index contributed by atoms with van der Waals surface area (Å²) in [5, 5.41) is 10.9. The summed E-state index contributed by atoms with van der Waals surface area (Å²) >= 11 is 3.00. The predicted molar refractivity (Wildman–Crippen MR) is 73.3 cm³/mol. The summed E-state index contributed by atoms with van der Waals surface area (Å²) < 4.78 is 14.0. The second-order valence-electron chi connectivity index (χ2n) is 4.03. The first-order valence-electron chi connectivity index (χ1n) is 5.42. The van der Waals surface area contributed by atoms with Crippen LogP contribution in [0, 0.1) is 5.82 Å². The topological polar surface area (TPSA) is 51.8 Å². The van der Waals surface area contributed by atoms with E-state index in [0.717, 1.165) is 25.0 Å². The molecule has 0 aliphatic carbocycles. The van der Waals surface area contributed by atoms with E-state index in [0.29, 0.717) is 0 Å². The zero-order chi connectivity index (χ0) is 12.7. The van der Waals surface area contributed by atoms with Gasteiger partial charge in [-0.2, -0.15) is 0 Å². The molecular weight excluding hydrogens is 269 g/mol. The van der Waals surface area contributed by atoms with Crippen molar-refractivity contribution in [3.8, 4) is 9.88 Å². The molecule has 2 aromatic heterocycles. The van der Waals surface area contributed by atoms with Gasteiger partial charge >= 0.3 is 0 Å². The molecule has 0 radical (unpaired) electrons. The highest BCUT2D eigenvalue weighted by molar-refractivity contribution is 7.25. The first-order valence-corrected chi connectivity index (χ1v) is 7.05. The van der Waals surface area contributed by atoms with Crippen molar-refractivity contribution in [2.24, 2.45) is 5.73 Å². The normalized spacial score (nSPS) is 13.1. The van der Waals surface area contributed by atoms with Crippen LogP contribution in [0.15, 0.2) is 24.3 Å². The van der Waals surface area contributed by atoms with Crippen LogP contribution in [0.25, 0.3) is 20.0 Å². The number of hydrogen-bond acceptors (Lipinski definition) is 5. The minimum atomic E-state index is -0.218. The highest BCUT2D eigenvalue weighted by atomic mass is 32.1. The highest BCUT2D eigenvalue weighted by Crippen LogP contribution is 2.35. The molecule has 1 aromatic carbocycles. The van der Waals surface area contributed by atoms with Gasteiger partial charge < -0.3 is 5.73 Å². The standard InChI is InChI=1S/C12H10FN3S2/c1-6(14)11-15-16-12(18-11)10-4-7-2-3-8(13)5-9(7)17-10/h2-6H,14H2,1H3. The van der Waals surface area contributed by atoms with Crippen molar-refractivity contribution in [3.63, 3.8) is 0 Å². The quantitative estimate of drug-likeness (QED) is 0.780. The van der Waals surface area contributed by atoms with Gasteiger partial charge in [-0.1, -0.05) is 17.4 Å². The molecule has 0 fully saturated rings. The minimum Gasteiger partial charge on any atom is -0.322 e. The molecule has 2 N–H and O–H groups in total. The lowest BCUT2D eigenvalue weighted by Crippen LogP contribution is -2.03. The summed E-state index contributed by atoms with van der Waals surface area (Å²) in [5.41, 5.74) is 5.76. The molecule has 3 nitrogen and oxygen atoms in total. The number of hydrogen-bond donors (Lipinski definition) is 1. The zero-order valence-corrected chi connectivity index (χ0v) is 11.2. The Morgan fingerprint density at radius 3 is 2.78 bits per heavy atom. The first kappa shape index (κ1) is 11.7. The van der Waals surface area contributed by atoms with Crippen molar-refractivity contribution in [2.45, 2.75) is 13.0 Å². The Balaban J connectivity index is 2.07. The van der Waals surface area contributed by atoms with E-state index >= 15 is 0 Å². The van der Waals surface area contributed by atoms with Gasteiger partial charge in [-0.05, 0) is 30.5 Å². The smallest absolute Gasteiger partial charge is 0.157 e. The first-order chi connectivity index (χ1) is 8.63.